The van der Waals surface area contributed by atoms with E-state index in [-0.39, 0.29) is 38.3 Å². The molecule has 3 aliphatic rings. The number of benzene rings is 2. The minimum Gasteiger partial charge on any atom is -0.355 e. The molecule has 0 atom stereocenters. The van der Waals surface area contributed by atoms with Gasteiger partial charge in [-0.3, -0.25) is 0 Å². The molecule has 0 amide bonds. The van der Waals surface area contributed by atoms with Crippen molar-refractivity contribution in [1.82, 2.24) is 19.9 Å². The molecule has 4 nitrogen and oxygen atoms in total. The fourth-order valence-electron chi connectivity index (χ4n) is 5.02. The molecule has 5 heterocycles. The van der Waals surface area contributed by atoms with Gasteiger partial charge in [0.1, 0.15) is 0 Å². The van der Waals surface area contributed by atoms with E-state index in [9.17, 15) is 0 Å². The maximum Gasteiger partial charge on any atom is 0.0659 e. The molecule has 8 rings (SSSR count). The fourth-order valence-corrected chi connectivity index (χ4v) is 5.02. The van der Waals surface area contributed by atoms with E-state index in [0.29, 0.717) is 0 Å². The van der Waals surface area contributed by atoms with Gasteiger partial charge in [0.2, 0.25) is 0 Å². The van der Waals surface area contributed by atoms with Crippen molar-refractivity contribution >= 4 is 57.3 Å². The monoisotopic (exact) mass is 618 g/mol. The Balaban J connectivity index is 0.000000175. The summed E-state index contributed by atoms with van der Waals surface area (Å²) >= 11 is 0. The Hall–Kier alpha value is -3.82. The van der Waals surface area contributed by atoms with Crippen molar-refractivity contribution in [2.24, 2.45) is 0 Å². The molecular weight excluding hydrogens is 593 g/mol. The first-order chi connectivity index (χ1) is 18.2. The van der Waals surface area contributed by atoms with Crippen LogP contribution in [0.25, 0.3) is 57.5 Å². The van der Waals surface area contributed by atoms with Gasteiger partial charge in [-0.05, 0) is 102 Å². The third-order valence-corrected chi connectivity index (χ3v) is 6.75. The average molecular weight is 617 g/mol. The summed E-state index contributed by atoms with van der Waals surface area (Å²) in [5, 5.41) is 0. The van der Waals surface area contributed by atoms with Crippen molar-refractivity contribution in [3.63, 3.8) is 0 Å². The number of rotatable bonds is 0. The Kier molecular flexibility index (Phi) is 7.90. The zero-order valence-electron chi connectivity index (χ0n) is 21.4. The Labute approximate surface area is 251 Å². The van der Waals surface area contributed by atoms with Gasteiger partial charge in [0.25, 0.3) is 0 Å². The quantitative estimate of drug-likeness (QED) is 0.173. The van der Waals surface area contributed by atoms with E-state index in [4.69, 9.17) is 0 Å². The molecule has 39 heavy (non-hydrogen) atoms. The number of aromatic nitrogens is 4. The molecule has 0 fully saturated rings. The van der Waals surface area contributed by atoms with Crippen molar-refractivity contribution in [2.45, 2.75) is 6.42 Å². The smallest absolute Gasteiger partial charge is 0.0659 e. The third kappa shape index (κ3) is 5.79. The largest absolute Gasteiger partial charge is 0.355 e. The van der Waals surface area contributed by atoms with Gasteiger partial charge < -0.3 is 9.97 Å². The number of hydrogen-bond acceptors (Lipinski definition) is 2. The second-order valence-electron chi connectivity index (χ2n) is 9.40. The number of nitrogens with one attached hydrogen (secondary N) is 2. The van der Waals surface area contributed by atoms with Crippen LogP contribution in [0.2, 0.25) is 0 Å². The van der Waals surface area contributed by atoms with Crippen molar-refractivity contribution < 1.29 is 27.3 Å². The summed E-state index contributed by atoms with van der Waals surface area (Å²) in [7, 11) is 0. The number of nitrogens with zero attached hydrogens (tertiary/aromatic N) is 2. The molecule has 5 aromatic rings. The van der Waals surface area contributed by atoms with E-state index < -0.39 is 0 Å². The molecule has 1 aliphatic carbocycles. The molecule has 0 saturated heterocycles. The Morgan fingerprint density at radius 3 is 1.31 bits per heavy atom. The number of aromatic amines is 2. The predicted molar refractivity (Wildman–Crippen MR) is 159 cm³/mol. The van der Waals surface area contributed by atoms with Crippen molar-refractivity contribution in [3.8, 4) is 11.1 Å². The molecule has 182 valence electrons. The molecule has 8 bridgehead atoms. The first kappa shape index (κ1) is 26.8. The van der Waals surface area contributed by atoms with Gasteiger partial charge >= 0.3 is 0 Å². The summed E-state index contributed by atoms with van der Waals surface area (Å²) < 4.78 is 0. The third-order valence-electron chi connectivity index (χ3n) is 6.75. The van der Waals surface area contributed by atoms with Crippen LogP contribution in [0.15, 0.2) is 97.1 Å². The molecule has 2 aromatic carbocycles. The van der Waals surface area contributed by atoms with E-state index in [1.54, 1.807) is 0 Å². The molecular formula is C33H24CdN4Si. The van der Waals surface area contributed by atoms with Gasteiger partial charge in [-0.15, -0.1) is 0 Å². The summed E-state index contributed by atoms with van der Waals surface area (Å²) in [6, 6.07) is 33.7. The standard InChI is InChI=1S/C20H14N4.C13H10.Cd.Si/c1-2-14-10-16-5-6-18(23-16)12-20-8-7-19(24-20)11-17-4-3-15(22-17)9-13(1)21-14;1-3-7-12-10(5-1)9-11-6-2-4-8-13(11)12;;/h1-12,21-22H;1-8H,9H2;;. The van der Waals surface area contributed by atoms with Crippen LogP contribution in [0.1, 0.15) is 33.9 Å². The number of fused-ring (bicyclic) bond motifs is 11. The van der Waals surface area contributed by atoms with E-state index in [2.05, 4.69) is 98.8 Å². The van der Waals surface area contributed by atoms with Gasteiger partial charge in [0, 0.05) is 60.3 Å². The van der Waals surface area contributed by atoms with E-state index >= 15 is 0 Å². The second-order valence-corrected chi connectivity index (χ2v) is 9.40. The zero-order chi connectivity index (χ0) is 24.6. The van der Waals surface area contributed by atoms with Crippen LogP contribution in [0.4, 0.5) is 0 Å². The molecule has 0 saturated carbocycles. The summed E-state index contributed by atoms with van der Waals surface area (Å²) in [6.45, 7) is 0. The SMILES string of the molecule is C1=Cc2cc3ccc(cc4ccc(cc5nc(cc1n2)C=C5)[nH]4)[nH]3.[Cd].[Si].c1ccc2c(c1)Cc1ccccc1-2. The van der Waals surface area contributed by atoms with Gasteiger partial charge in [0.05, 0.1) is 22.8 Å². The van der Waals surface area contributed by atoms with Crippen LogP contribution in [0.3, 0.4) is 0 Å². The average Bonchev–Trinajstić information content (AvgIpc) is 3.73. The second kappa shape index (κ2) is 11.5. The van der Waals surface area contributed by atoms with Crippen LogP contribution in [0, 0.1) is 0 Å². The van der Waals surface area contributed by atoms with Crippen LogP contribution in [-0.2, 0) is 33.7 Å². The van der Waals surface area contributed by atoms with Gasteiger partial charge in [-0.1, -0.05) is 48.5 Å². The van der Waals surface area contributed by atoms with Crippen molar-refractivity contribution in [1.29, 1.82) is 0 Å². The maximum absolute atomic E-state index is 4.62. The minimum absolute atomic E-state index is 0. The van der Waals surface area contributed by atoms with Gasteiger partial charge in [0.15, 0.2) is 0 Å². The molecule has 0 spiro atoms. The fraction of sp³-hybridized carbons (Fsp3) is 0.0303. The Morgan fingerprint density at radius 2 is 0.846 bits per heavy atom. The Bertz CT molecular complexity index is 1750. The maximum atomic E-state index is 4.62. The molecule has 0 unspecified atom stereocenters. The zero-order valence-corrected chi connectivity index (χ0v) is 26.4. The van der Waals surface area contributed by atoms with E-state index in [0.717, 1.165) is 51.3 Å². The molecule has 2 aliphatic heterocycles. The topological polar surface area (TPSA) is 57.4 Å². The van der Waals surface area contributed by atoms with Crippen molar-refractivity contribution in [2.75, 3.05) is 0 Å². The van der Waals surface area contributed by atoms with Crippen LogP contribution in [-0.4, -0.2) is 30.9 Å². The van der Waals surface area contributed by atoms with Crippen molar-refractivity contribution in [3.05, 3.63) is 131 Å². The number of hydrogen-bond donors (Lipinski definition) is 2. The molecule has 4 radical (unpaired) electrons. The van der Waals surface area contributed by atoms with E-state index in [1.165, 1.54) is 22.3 Å². The van der Waals surface area contributed by atoms with Crippen LogP contribution < -0.4 is 0 Å². The summed E-state index contributed by atoms with van der Waals surface area (Å²) in [5.41, 5.74) is 13.6. The first-order valence-electron chi connectivity index (χ1n) is 12.5. The van der Waals surface area contributed by atoms with Gasteiger partial charge in [-0.25, -0.2) is 9.97 Å². The minimum atomic E-state index is 0. The molecule has 3 aromatic heterocycles. The normalized spacial score (nSPS) is 11.9. The van der Waals surface area contributed by atoms with Gasteiger partial charge in [-0.2, -0.15) is 0 Å². The number of H-pyrrole nitrogens is 2. The first-order valence-corrected chi connectivity index (χ1v) is 12.5. The summed E-state index contributed by atoms with van der Waals surface area (Å²) in [4.78, 5) is 16.0. The molecule has 2 N–H and O–H groups in total. The summed E-state index contributed by atoms with van der Waals surface area (Å²) in [5.74, 6) is 0. The Morgan fingerprint density at radius 1 is 0.462 bits per heavy atom. The predicted octanol–water partition coefficient (Wildman–Crippen LogP) is 7.53. The van der Waals surface area contributed by atoms with Crippen LogP contribution in [0.5, 0.6) is 0 Å². The summed E-state index contributed by atoms with van der Waals surface area (Å²) in [6.07, 6.45) is 9.15. The van der Waals surface area contributed by atoms with E-state index in [1.807, 2.05) is 42.5 Å². The molecule has 6 heteroatoms. The van der Waals surface area contributed by atoms with Crippen LogP contribution >= 0.6 is 0 Å².